The topological polar surface area (TPSA) is 52.3 Å². The van der Waals surface area contributed by atoms with Crippen molar-refractivity contribution in [3.05, 3.63) is 24.3 Å². The van der Waals surface area contributed by atoms with Gasteiger partial charge in [0.1, 0.15) is 5.75 Å². The Balaban J connectivity index is 2.64. The molecule has 1 atom stereocenters. The van der Waals surface area contributed by atoms with E-state index < -0.39 is 6.10 Å². The van der Waals surface area contributed by atoms with E-state index >= 15 is 0 Å². The first kappa shape index (κ1) is 8.59. The van der Waals surface area contributed by atoms with Gasteiger partial charge in [-0.1, -0.05) is 0 Å². The minimum Gasteiger partial charge on any atom is -0.482 e. The van der Waals surface area contributed by atoms with Crippen LogP contribution in [0, 0.1) is 0 Å². The quantitative estimate of drug-likeness (QED) is 0.681. The van der Waals surface area contributed by atoms with Crippen LogP contribution in [0.15, 0.2) is 24.3 Å². The molecule has 1 aromatic rings. The summed E-state index contributed by atoms with van der Waals surface area (Å²) in [6.07, 6.45) is 1.19. The van der Waals surface area contributed by atoms with Crippen LogP contribution in [0.4, 0.5) is 5.69 Å². The second-order valence-electron chi connectivity index (χ2n) is 2.45. The minimum atomic E-state index is -0.534. The number of nitrogen functional groups attached to an aromatic ring is 1. The molecule has 1 unspecified atom stereocenters. The van der Waals surface area contributed by atoms with Crippen molar-refractivity contribution >= 4 is 12.0 Å². The average molecular weight is 164 g/mol. The monoisotopic (exact) mass is 164 g/mol. The van der Waals surface area contributed by atoms with E-state index in [-0.39, 0.29) is 0 Å². The molecule has 1 radical (unpaired) electrons. The summed E-state index contributed by atoms with van der Waals surface area (Å²) in [5.41, 5.74) is 6.13. The van der Waals surface area contributed by atoms with Crippen molar-refractivity contribution < 1.29 is 9.53 Å². The van der Waals surface area contributed by atoms with Crippen molar-refractivity contribution in [2.45, 2.75) is 13.0 Å². The summed E-state index contributed by atoms with van der Waals surface area (Å²) in [4.78, 5) is 10.1. The molecule has 0 aromatic heterocycles. The van der Waals surface area contributed by atoms with Crippen molar-refractivity contribution in [2.75, 3.05) is 5.73 Å². The first-order chi connectivity index (χ1) is 5.72. The second kappa shape index (κ2) is 3.76. The largest absolute Gasteiger partial charge is 0.482 e. The molecule has 0 bridgehead atoms. The number of hydrogen-bond donors (Lipinski definition) is 1. The normalized spacial score (nSPS) is 12.1. The van der Waals surface area contributed by atoms with Crippen molar-refractivity contribution in [2.24, 2.45) is 0 Å². The molecule has 0 aliphatic rings. The molecule has 1 aromatic carbocycles. The third kappa shape index (κ3) is 2.27. The maximum absolute atomic E-state index is 10.1. The molecule has 2 N–H and O–H groups in total. The Bertz CT molecular complexity index is 256. The Morgan fingerprint density at radius 1 is 1.42 bits per heavy atom. The van der Waals surface area contributed by atoms with Gasteiger partial charge in [-0.25, -0.2) is 0 Å². The Hall–Kier alpha value is -1.51. The molecule has 0 saturated heterocycles. The van der Waals surface area contributed by atoms with Gasteiger partial charge in [0.25, 0.3) is 0 Å². The van der Waals surface area contributed by atoms with Crippen LogP contribution in [0.3, 0.4) is 0 Å². The maximum Gasteiger partial charge on any atom is 0.242 e. The van der Waals surface area contributed by atoms with Crippen LogP contribution in [0.2, 0.25) is 0 Å². The number of rotatable bonds is 3. The van der Waals surface area contributed by atoms with Gasteiger partial charge in [0.15, 0.2) is 6.10 Å². The SMILES string of the molecule is CC([C]=O)Oc1ccc(N)cc1. The Kier molecular flexibility index (Phi) is 2.69. The highest BCUT2D eigenvalue weighted by Gasteiger charge is 2.01. The first-order valence-electron chi connectivity index (χ1n) is 3.62. The lowest BCUT2D eigenvalue weighted by Gasteiger charge is -2.07. The predicted molar refractivity (Wildman–Crippen MR) is 46.6 cm³/mol. The Morgan fingerprint density at radius 3 is 2.50 bits per heavy atom. The summed E-state index contributed by atoms with van der Waals surface area (Å²) in [7, 11) is 0. The van der Waals surface area contributed by atoms with Crippen LogP contribution in [-0.4, -0.2) is 12.4 Å². The zero-order valence-corrected chi connectivity index (χ0v) is 6.78. The number of nitrogens with two attached hydrogens (primary N) is 1. The number of carbonyl (C=O) groups excluding carboxylic acids is 1. The molecule has 0 amide bonds. The molecule has 1 rings (SSSR count). The summed E-state index contributed by atoms with van der Waals surface area (Å²) in [6, 6.07) is 6.85. The smallest absolute Gasteiger partial charge is 0.242 e. The van der Waals surface area contributed by atoms with Gasteiger partial charge in [-0.2, -0.15) is 0 Å². The summed E-state index contributed by atoms with van der Waals surface area (Å²) >= 11 is 0. The summed E-state index contributed by atoms with van der Waals surface area (Å²) in [5.74, 6) is 0.625. The van der Waals surface area contributed by atoms with Crippen LogP contribution >= 0.6 is 0 Å². The van der Waals surface area contributed by atoms with Crippen molar-refractivity contribution in [3.63, 3.8) is 0 Å². The van der Waals surface area contributed by atoms with Crippen LogP contribution < -0.4 is 10.5 Å². The zero-order valence-electron chi connectivity index (χ0n) is 6.78. The number of anilines is 1. The molecule has 0 aliphatic carbocycles. The van der Waals surface area contributed by atoms with Crippen LogP contribution in [-0.2, 0) is 4.79 Å². The highest BCUT2D eigenvalue weighted by Crippen LogP contribution is 2.13. The fourth-order valence-electron chi connectivity index (χ4n) is 0.775. The van der Waals surface area contributed by atoms with Crippen molar-refractivity contribution in [1.29, 1.82) is 0 Å². The van der Waals surface area contributed by atoms with Crippen molar-refractivity contribution in [1.82, 2.24) is 0 Å². The van der Waals surface area contributed by atoms with Gasteiger partial charge in [-0.15, -0.1) is 0 Å². The first-order valence-corrected chi connectivity index (χ1v) is 3.62. The van der Waals surface area contributed by atoms with Crippen LogP contribution in [0.1, 0.15) is 6.92 Å². The number of ether oxygens (including phenoxy) is 1. The van der Waals surface area contributed by atoms with E-state index in [0.717, 1.165) is 0 Å². The van der Waals surface area contributed by atoms with E-state index in [0.29, 0.717) is 11.4 Å². The van der Waals surface area contributed by atoms with E-state index in [1.54, 1.807) is 37.5 Å². The van der Waals surface area contributed by atoms with E-state index in [9.17, 15) is 4.79 Å². The molecule has 0 fully saturated rings. The van der Waals surface area contributed by atoms with E-state index in [1.807, 2.05) is 0 Å². The molecule has 12 heavy (non-hydrogen) atoms. The fraction of sp³-hybridized carbons (Fsp3) is 0.222. The van der Waals surface area contributed by atoms with Crippen molar-refractivity contribution in [3.8, 4) is 5.75 Å². The minimum absolute atomic E-state index is 0.534. The highest BCUT2D eigenvalue weighted by atomic mass is 16.5. The van der Waals surface area contributed by atoms with Gasteiger partial charge in [0, 0.05) is 5.69 Å². The molecule has 3 heteroatoms. The molecule has 0 saturated carbocycles. The van der Waals surface area contributed by atoms with Gasteiger partial charge >= 0.3 is 0 Å². The third-order valence-corrected chi connectivity index (χ3v) is 1.36. The van der Waals surface area contributed by atoms with Gasteiger partial charge in [-0.3, -0.25) is 4.79 Å². The zero-order chi connectivity index (χ0) is 8.97. The van der Waals surface area contributed by atoms with E-state index in [4.69, 9.17) is 10.5 Å². The molecular formula is C9H10NO2. The predicted octanol–water partition coefficient (Wildman–Crippen LogP) is 1.15. The van der Waals surface area contributed by atoms with E-state index in [1.165, 1.54) is 0 Å². The standard InChI is InChI=1S/C9H10NO2/c1-7(6-11)12-9-4-2-8(10)3-5-9/h2-5,7H,10H2,1H3. The average Bonchev–Trinajstić information content (AvgIpc) is 2.09. The number of benzene rings is 1. The van der Waals surface area contributed by atoms with E-state index in [2.05, 4.69) is 0 Å². The van der Waals surface area contributed by atoms with Gasteiger partial charge in [0.05, 0.1) is 0 Å². The lowest BCUT2D eigenvalue weighted by molar-refractivity contribution is 0.278. The van der Waals surface area contributed by atoms with Gasteiger partial charge < -0.3 is 10.5 Å². The molecule has 63 valence electrons. The highest BCUT2D eigenvalue weighted by molar-refractivity contribution is 5.57. The summed E-state index contributed by atoms with van der Waals surface area (Å²) in [5, 5.41) is 0. The van der Waals surface area contributed by atoms with Crippen LogP contribution in [0.5, 0.6) is 5.75 Å². The molecule has 0 aliphatic heterocycles. The molecular weight excluding hydrogens is 154 g/mol. The molecule has 0 spiro atoms. The maximum atomic E-state index is 10.1. The fourth-order valence-corrected chi connectivity index (χ4v) is 0.775. The Labute approximate surface area is 71.1 Å². The lowest BCUT2D eigenvalue weighted by Crippen LogP contribution is -2.12. The Morgan fingerprint density at radius 2 is 2.00 bits per heavy atom. The van der Waals surface area contributed by atoms with Crippen LogP contribution in [0.25, 0.3) is 0 Å². The lowest BCUT2D eigenvalue weighted by atomic mass is 10.3. The second-order valence-corrected chi connectivity index (χ2v) is 2.45. The molecule has 0 heterocycles. The van der Waals surface area contributed by atoms with Gasteiger partial charge in [-0.05, 0) is 31.2 Å². The van der Waals surface area contributed by atoms with Gasteiger partial charge in [0.2, 0.25) is 6.29 Å². The summed E-state index contributed by atoms with van der Waals surface area (Å²) in [6.45, 7) is 1.63. The molecule has 3 nitrogen and oxygen atoms in total. The third-order valence-electron chi connectivity index (χ3n) is 1.36. The summed E-state index contributed by atoms with van der Waals surface area (Å²) < 4.78 is 5.14. The number of hydrogen-bond acceptors (Lipinski definition) is 3.